The number of carbonyl (C=O) groups is 1. The summed E-state index contributed by atoms with van der Waals surface area (Å²) in [6.45, 7) is 6.93. The first-order chi connectivity index (χ1) is 18.6. The van der Waals surface area contributed by atoms with Crippen LogP contribution in [-0.2, 0) is 4.74 Å². The van der Waals surface area contributed by atoms with E-state index in [2.05, 4.69) is 42.7 Å². The number of anilines is 1. The second kappa shape index (κ2) is 11.4. The molecule has 1 saturated heterocycles. The van der Waals surface area contributed by atoms with E-state index < -0.39 is 0 Å². The van der Waals surface area contributed by atoms with E-state index in [1.807, 2.05) is 30.3 Å². The van der Waals surface area contributed by atoms with Gasteiger partial charge in [-0.1, -0.05) is 18.3 Å². The average molecular weight is 555 g/mol. The number of hydrogen-bond acceptors (Lipinski definition) is 10. The molecule has 2 atom stereocenters. The normalized spacial score (nSPS) is 20.2. The van der Waals surface area contributed by atoms with E-state index >= 15 is 0 Å². The number of amides is 2. The van der Waals surface area contributed by atoms with Crippen LogP contribution in [0.1, 0.15) is 26.2 Å². The molecule has 2 fully saturated rings. The fourth-order valence-corrected chi connectivity index (χ4v) is 6.53. The highest BCUT2D eigenvalue weighted by molar-refractivity contribution is 7.99. The Labute approximate surface area is 228 Å². The van der Waals surface area contributed by atoms with Gasteiger partial charge < -0.3 is 14.8 Å². The summed E-state index contributed by atoms with van der Waals surface area (Å²) in [4.78, 5) is 20.2. The minimum absolute atomic E-state index is 0.214. The van der Waals surface area contributed by atoms with Crippen LogP contribution >= 0.6 is 23.1 Å². The number of morpholine rings is 1. The fourth-order valence-electron chi connectivity index (χ4n) is 4.73. The highest BCUT2D eigenvalue weighted by atomic mass is 32.2. The van der Waals surface area contributed by atoms with E-state index in [0.29, 0.717) is 34.3 Å². The maximum atomic E-state index is 12.3. The van der Waals surface area contributed by atoms with Crippen molar-refractivity contribution in [2.45, 2.75) is 42.3 Å². The summed E-state index contributed by atoms with van der Waals surface area (Å²) in [5.41, 5.74) is 1.50. The summed E-state index contributed by atoms with van der Waals surface area (Å²) in [6, 6.07) is 9.47. The zero-order chi connectivity index (χ0) is 25.9. The molecule has 2 N–H and O–H groups in total. The number of thiazole rings is 1. The smallest absolute Gasteiger partial charge is 0.321 e. The lowest BCUT2D eigenvalue weighted by molar-refractivity contribution is 0.0388. The SMILES string of the molecule is CC1CCC(Oc2ccc3nnc(Sc4ccc5nc(NC(=O)NCCN6CCOCC6)sc5c4)n3n2)C1. The molecule has 4 heterocycles. The summed E-state index contributed by atoms with van der Waals surface area (Å²) in [5, 5.41) is 20.2. The predicted molar refractivity (Wildman–Crippen MR) is 146 cm³/mol. The van der Waals surface area contributed by atoms with Gasteiger partial charge in [0.05, 0.1) is 23.4 Å². The van der Waals surface area contributed by atoms with Gasteiger partial charge in [-0.25, -0.2) is 9.78 Å². The van der Waals surface area contributed by atoms with Crippen molar-refractivity contribution in [1.82, 2.24) is 35.0 Å². The van der Waals surface area contributed by atoms with Crippen molar-refractivity contribution in [3.8, 4) is 5.88 Å². The molecule has 2 unspecified atom stereocenters. The van der Waals surface area contributed by atoms with Crippen molar-refractivity contribution in [1.29, 1.82) is 0 Å². The lowest BCUT2D eigenvalue weighted by Crippen LogP contribution is -2.42. The Bertz CT molecular complexity index is 1420. The van der Waals surface area contributed by atoms with E-state index in [0.717, 1.165) is 60.8 Å². The molecule has 0 bridgehead atoms. The molecule has 11 nitrogen and oxygen atoms in total. The molecule has 0 spiro atoms. The monoisotopic (exact) mass is 554 g/mol. The van der Waals surface area contributed by atoms with Crippen LogP contribution in [0.4, 0.5) is 9.93 Å². The number of benzene rings is 1. The Morgan fingerprint density at radius 2 is 2.11 bits per heavy atom. The van der Waals surface area contributed by atoms with Crippen molar-refractivity contribution >= 4 is 50.1 Å². The molecule has 1 aromatic carbocycles. The van der Waals surface area contributed by atoms with Crippen molar-refractivity contribution in [2.24, 2.45) is 5.92 Å². The Kier molecular flexibility index (Phi) is 7.58. The van der Waals surface area contributed by atoms with Gasteiger partial charge in [0, 0.05) is 37.1 Å². The second-order valence-electron chi connectivity index (χ2n) is 9.67. The van der Waals surface area contributed by atoms with Crippen molar-refractivity contribution in [2.75, 3.05) is 44.7 Å². The molecule has 0 radical (unpaired) electrons. The molecule has 2 amide bonds. The van der Waals surface area contributed by atoms with E-state index in [9.17, 15) is 4.79 Å². The van der Waals surface area contributed by atoms with E-state index in [1.165, 1.54) is 29.5 Å². The minimum Gasteiger partial charge on any atom is -0.473 e. The topological polar surface area (TPSA) is 119 Å². The quantitative estimate of drug-likeness (QED) is 0.334. The van der Waals surface area contributed by atoms with Gasteiger partial charge in [-0.2, -0.15) is 4.52 Å². The van der Waals surface area contributed by atoms with E-state index in [-0.39, 0.29) is 12.1 Å². The van der Waals surface area contributed by atoms with Gasteiger partial charge in [-0.15, -0.1) is 15.3 Å². The minimum atomic E-state index is -0.252. The third-order valence-corrected chi connectivity index (χ3v) is 8.61. The Balaban J connectivity index is 1.08. The second-order valence-corrected chi connectivity index (χ2v) is 11.7. The fraction of sp³-hybridized carbons (Fsp3) is 0.480. The lowest BCUT2D eigenvalue weighted by Gasteiger charge is -2.26. The molecule has 6 rings (SSSR count). The van der Waals surface area contributed by atoms with E-state index in [4.69, 9.17) is 9.47 Å². The van der Waals surface area contributed by atoms with Gasteiger partial charge in [-0.05, 0) is 61.2 Å². The summed E-state index contributed by atoms with van der Waals surface area (Å²) in [7, 11) is 0. The molecule has 3 aromatic heterocycles. The number of fused-ring (bicyclic) bond motifs is 2. The number of carbonyl (C=O) groups excluding carboxylic acids is 1. The van der Waals surface area contributed by atoms with Gasteiger partial charge in [0.25, 0.3) is 0 Å². The van der Waals surface area contributed by atoms with Gasteiger partial charge in [0.15, 0.2) is 10.8 Å². The zero-order valence-electron chi connectivity index (χ0n) is 21.1. The standard InChI is InChI=1S/C25H30N8O3S2/c1-16-2-3-17(14-16)36-22-7-6-21-29-30-25(33(21)31-22)37-18-4-5-19-20(15-18)38-24(27-19)28-23(34)26-8-9-32-10-12-35-13-11-32/h4-7,15-17H,2-3,8-14H2,1H3,(H2,26,27,28,34). The molecule has 13 heteroatoms. The molecular formula is C25H30N8O3S2. The van der Waals surface area contributed by atoms with Crippen LogP contribution in [0.3, 0.4) is 0 Å². The highest BCUT2D eigenvalue weighted by Gasteiger charge is 2.23. The van der Waals surface area contributed by atoms with Gasteiger partial charge in [0.2, 0.25) is 11.0 Å². The summed E-state index contributed by atoms with van der Waals surface area (Å²) < 4.78 is 14.2. The number of hydrogen-bond donors (Lipinski definition) is 2. The molecular weight excluding hydrogens is 524 g/mol. The Morgan fingerprint density at radius 1 is 1.21 bits per heavy atom. The van der Waals surface area contributed by atoms with Crippen molar-refractivity contribution < 1.29 is 14.3 Å². The van der Waals surface area contributed by atoms with Gasteiger partial charge >= 0.3 is 6.03 Å². The summed E-state index contributed by atoms with van der Waals surface area (Å²) in [6.07, 6.45) is 3.53. The van der Waals surface area contributed by atoms with Crippen LogP contribution in [0, 0.1) is 5.92 Å². The summed E-state index contributed by atoms with van der Waals surface area (Å²) in [5.74, 6) is 1.28. The molecule has 1 aliphatic carbocycles. The zero-order valence-corrected chi connectivity index (χ0v) is 22.8. The number of aromatic nitrogens is 5. The Morgan fingerprint density at radius 3 is 2.95 bits per heavy atom. The van der Waals surface area contributed by atoms with Crippen LogP contribution in [0.25, 0.3) is 15.9 Å². The van der Waals surface area contributed by atoms with Crippen LogP contribution in [-0.4, -0.2) is 81.2 Å². The number of nitrogens with one attached hydrogen (secondary N) is 2. The molecule has 200 valence electrons. The van der Waals surface area contributed by atoms with Gasteiger partial charge in [0.1, 0.15) is 6.10 Å². The van der Waals surface area contributed by atoms with Crippen LogP contribution in [0.5, 0.6) is 5.88 Å². The predicted octanol–water partition coefficient (Wildman–Crippen LogP) is 3.91. The third kappa shape index (κ3) is 6.01. The molecule has 1 saturated carbocycles. The molecule has 4 aromatic rings. The lowest BCUT2D eigenvalue weighted by atomic mass is 10.1. The van der Waals surface area contributed by atoms with Crippen LogP contribution in [0.15, 0.2) is 40.4 Å². The van der Waals surface area contributed by atoms with Crippen LogP contribution < -0.4 is 15.4 Å². The van der Waals surface area contributed by atoms with Crippen molar-refractivity contribution in [3.05, 3.63) is 30.3 Å². The number of urea groups is 1. The number of ether oxygens (including phenoxy) is 2. The highest BCUT2D eigenvalue weighted by Crippen LogP contribution is 2.33. The first-order valence-electron chi connectivity index (χ1n) is 12.9. The van der Waals surface area contributed by atoms with E-state index in [1.54, 1.807) is 4.52 Å². The van der Waals surface area contributed by atoms with Crippen LogP contribution in [0.2, 0.25) is 0 Å². The number of rotatable bonds is 8. The largest absolute Gasteiger partial charge is 0.473 e. The summed E-state index contributed by atoms with van der Waals surface area (Å²) >= 11 is 2.91. The molecule has 38 heavy (non-hydrogen) atoms. The maximum Gasteiger partial charge on any atom is 0.321 e. The maximum absolute atomic E-state index is 12.3. The third-order valence-electron chi connectivity index (χ3n) is 6.75. The first kappa shape index (κ1) is 25.3. The Hall–Kier alpha value is -3.00. The average Bonchev–Trinajstić information content (AvgIpc) is 3.63. The van der Waals surface area contributed by atoms with Gasteiger partial charge in [-0.3, -0.25) is 10.2 Å². The molecule has 2 aliphatic rings. The molecule has 1 aliphatic heterocycles. The van der Waals surface area contributed by atoms with Crippen molar-refractivity contribution in [3.63, 3.8) is 0 Å². The number of nitrogens with zero attached hydrogens (tertiary/aromatic N) is 6. The first-order valence-corrected chi connectivity index (χ1v) is 14.5.